The highest BCUT2D eigenvalue weighted by atomic mass is 32.2. The molecule has 0 saturated carbocycles. The zero-order valence-electron chi connectivity index (χ0n) is 9.08. The zero-order chi connectivity index (χ0) is 15.0. The molecule has 0 aromatic carbocycles. The van der Waals surface area contributed by atoms with Crippen molar-refractivity contribution in [2.75, 3.05) is 0 Å². The number of nitrogens with zero attached hydrogens (tertiary/aromatic N) is 1. The Bertz CT molecular complexity index is 585. The molecule has 11 heteroatoms. The number of nitrogens with two attached hydrogens (primary N) is 2. The molecule has 1 heterocycles. The molecular weight excluding hydrogens is 297 g/mol. The molecule has 0 aliphatic rings. The molecule has 108 valence electrons. The van der Waals surface area contributed by atoms with Crippen molar-refractivity contribution in [3.05, 3.63) is 23.0 Å². The first kappa shape index (κ1) is 15.7. The van der Waals surface area contributed by atoms with Crippen molar-refractivity contribution in [1.29, 1.82) is 0 Å². The van der Waals surface area contributed by atoms with Crippen molar-refractivity contribution in [3.8, 4) is 0 Å². The highest BCUT2D eigenvalue weighted by Gasteiger charge is 2.40. The molecule has 0 saturated heterocycles. The fourth-order valence-corrected chi connectivity index (χ4v) is 2.43. The van der Waals surface area contributed by atoms with Gasteiger partial charge in [-0.1, -0.05) is 0 Å². The monoisotopic (exact) mass is 305 g/mol. The molecule has 4 N–H and O–H groups in total. The first-order chi connectivity index (χ1) is 8.50. The van der Waals surface area contributed by atoms with Crippen LogP contribution in [0.1, 0.15) is 23.2 Å². The molecule has 1 rings (SSSR count). The molecule has 5 nitrogen and oxygen atoms in total. The molecule has 1 aromatic rings. The van der Waals surface area contributed by atoms with Gasteiger partial charge in [0.2, 0.25) is 10.0 Å². The van der Waals surface area contributed by atoms with Gasteiger partial charge in [0.05, 0.1) is 16.8 Å². The highest BCUT2D eigenvalue weighted by molar-refractivity contribution is 7.89. The summed E-state index contributed by atoms with van der Waals surface area (Å²) in [7, 11) is -5.02. The van der Waals surface area contributed by atoms with Crippen LogP contribution in [0.2, 0.25) is 0 Å². The van der Waals surface area contributed by atoms with E-state index in [-0.39, 0.29) is 6.20 Å². The molecule has 0 aliphatic heterocycles. The van der Waals surface area contributed by atoms with E-state index in [2.05, 4.69) is 10.1 Å². The number of pyridine rings is 1. The maximum Gasteiger partial charge on any atom is 0.419 e. The van der Waals surface area contributed by atoms with Crippen LogP contribution >= 0.6 is 0 Å². The third-order valence-corrected chi connectivity index (χ3v) is 3.16. The van der Waals surface area contributed by atoms with Gasteiger partial charge < -0.3 is 5.73 Å². The lowest BCUT2D eigenvalue weighted by atomic mass is 10.1. The maximum absolute atomic E-state index is 12.8. The Morgan fingerprint density at radius 1 is 1.32 bits per heavy atom. The standard InChI is InChI=1S/C8H8F5N3O2S/c9-7(10)5-4(1-14)16-2-3(8(11,12)13)6(5)19(15,17)18/h2,7H,1,14H2,(H2,15,17,18). The smallest absolute Gasteiger partial charge is 0.325 e. The molecule has 19 heavy (non-hydrogen) atoms. The van der Waals surface area contributed by atoms with Crippen LogP contribution < -0.4 is 10.9 Å². The normalized spacial score (nSPS) is 13.1. The first-order valence-corrected chi connectivity index (χ1v) is 6.14. The van der Waals surface area contributed by atoms with Crippen LogP contribution in [-0.4, -0.2) is 13.4 Å². The fraction of sp³-hybridized carbons (Fsp3) is 0.375. The number of halogens is 5. The summed E-state index contributed by atoms with van der Waals surface area (Å²) in [5.41, 5.74) is 1.13. The van der Waals surface area contributed by atoms with E-state index in [1.807, 2.05) is 0 Å². The van der Waals surface area contributed by atoms with Gasteiger partial charge in [-0.05, 0) is 0 Å². The average molecular weight is 305 g/mol. The van der Waals surface area contributed by atoms with Crippen molar-refractivity contribution < 1.29 is 30.4 Å². The van der Waals surface area contributed by atoms with E-state index < -0.39 is 50.9 Å². The Morgan fingerprint density at radius 2 is 1.84 bits per heavy atom. The number of rotatable bonds is 3. The topological polar surface area (TPSA) is 99.1 Å². The minimum absolute atomic E-state index is 0.119. The van der Waals surface area contributed by atoms with E-state index in [9.17, 15) is 30.4 Å². The molecular formula is C8H8F5N3O2S. The molecule has 0 fully saturated rings. The average Bonchev–Trinajstić information content (AvgIpc) is 2.24. The minimum Gasteiger partial charge on any atom is -0.325 e. The summed E-state index contributed by atoms with van der Waals surface area (Å²) in [6.07, 6.45) is -8.58. The van der Waals surface area contributed by atoms with Crippen LogP contribution in [0.5, 0.6) is 0 Å². The van der Waals surface area contributed by atoms with Crippen LogP contribution in [0.15, 0.2) is 11.1 Å². The van der Waals surface area contributed by atoms with Crippen LogP contribution in [0.4, 0.5) is 22.0 Å². The Labute approximate surface area is 104 Å². The number of primary sulfonamides is 1. The van der Waals surface area contributed by atoms with Crippen molar-refractivity contribution >= 4 is 10.0 Å². The van der Waals surface area contributed by atoms with Gasteiger partial charge in [0.25, 0.3) is 6.43 Å². The summed E-state index contributed by atoms with van der Waals surface area (Å²) in [5.74, 6) is 0. The fourth-order valence-electron chi connectivity index (χ4n) is 1.44. The van der Waals surface area contributed by atoms with E-state index in [4.69, 9.17) is 5.73 Å². The van der Waals surface area contributed by atoms with E-state index in [1.54, 1.807) is 0 Å². The lowest BCUT2D eigenvalue weighted by Crippen LogP contribution is -2.24. The summed E-state index contributed by atoms with van der Waals surface area (Å²) < 4.78 is 85.8. The van der Waals surface area contributed by atoms with Gasteiger partial charge in [0, 0.05) is 12.7 Å². The summed E-state index contributed by atoms with van der Waals surface area (Å²) >= 11 is 0. The van der Waals surface area contributed by atoms with Crippen LogP contribution in [-0.2, 0) is 22.7 Å². The van der Waals surface area contributed by atoms with Crippen LogP contribution in [0, 0.1) is 0 Å². The predicted molar refractivity (Wildman–Crippen MR) is 53.5 cm³/mol. The molecule has 0 radical (unpaired) electrons. The summed E-state index contributed by atoms with van der Waals surface area (Å²) in [6, 6.07) is 0. The van der Waals surface area contributed by atoms with E-state index in [0.717, 1.165) is 0 Å². The second-order valence-corrected chi connectivity index (χ2v) is 4.91. The Morgan fingerprint density at radius 3 is 2.16 bits per heavy atom. The molecule has 0 amide bonds. The molecule has 0 unspecified atom stereocenters. The highest BCUT2D eigenvalue weighted by Crippen LogP contribution is 2.38. The Kier molecular flexibility index (Phi) is 4.12. The zero-order valence-corrected chi connectivity index (χ0v) is 9.89. The quantitative estimate of drug-likeness (QED) is 0.818. The second kappa shape index (κ2) is 4.98. The summed E-state index contributed by atoms with van der Waals surface area (Å²) in [6.45, 7) is -0.652. The van der Waals surface area contributed by atoms with Crippen molar-refractivity contribution in [1.82, 2.24) is 4.98 Å². The molecule has 0 spiro atoms. The van der Waals surface area contributed by atoms with Gasteiger partial charge in [0.1, 0.15) is 4.90 Å². The van der Waals surface area contributed by atoms with E-state index >= 15 is 0 Å². The van der Waals surface area contributed by atoms with E-state index in [1.165, 1.54) is 0 Å². The van der Waals surface area contributed by atoms with Gasteiger partial charge in [-0.2, -0.15) is 13.2 Å². The Balaban J connectivity index is 3.86. The minimum atomic E-state index is -5.19. The third-order valence-electron chi connectivity index (χ3n) is 2.15. The summed E-state index contributed by atoms with van der Waals surface area (Å²) in [4.78, 5) is 1.42. The lowest BCUT2D eigenvalue weighted by Gasteiger charge is -2.16. The van der Waals surface area contributed by atoms with Crippen molar-refractivity contribution in [3.63, 3.8) is 0 Å². The molecule has 0 aliphatic carbocycles. The number of aromatic nitrogens is 1. The molecule has 0 atom stereocenters. The van der Waals surface area contributed by atoms with Crippen LogP contribution in [0.3, 0.4) is 0 Å². The van der Waals surface area contributed by atoms with Gasteiger partial charge in [0.15, 0.2) is 0 Å². The van der Waals surface area contributed by atoms with Gasteiger partial charge >= 0.3 is 6.18 Å². The third kappa shape index (κ3) is 3.16. The number of hydrogen-bond acceptors (Lipinski definition) is 4. The molecule has 1 aromatic heterocycles. The van der Waals surface area contributed by atoms with Crippen molar-refractivity contribution in [2.45, 2.75) is 24.0 Å². The van der Waals surface area contributed by atoms with Gasteiger partial charge in [-0.25, -0.2) is 22.3 Å². The summed E-state index contributed by atoms with van der Waals surface area (Å²) in [5, 5.41) is 4.59. The van der Waals surface area contributed by atoms with Gasteiger partial charge in [-0.3, -0.25) is 4.98 Å². The lowest BCUT2D eigenvalue weighted by molar-refractivity contribution is -0.140. The van der Waals surface area contributed by atoms with E-state index in [0.29, 0.717) is 0 Å². The number of sulfonamides is 1. The SMILES string of the molecule is NCc1ncc(C(F)(F)F)c(S(N)(=O)=O)c1C(F)F. The Hall–Kier alpha value is -1.33. The van der Waals surface area contributed by atoms with Gasteiger partial charge in [-0.15, -0.1) is 0 Å². The predicted octanol–water partition coefficient (Wildman–Crippen LogP) is 1.14. The largest absolute Gasteiger partial charge is 0.419 e. The first-order valence-electron chi connectivity index (χ1n) is 4.60. The number of alkyl halides is 5. The maximum atomic E-state index is 12.8. The second-order valence-electron chi connectivity index (χ2n) is 3.41. The van der Waals surface area contributed by atoms with Crippen LogP contribution in [0.25, 0.3) is 0 Å². The number of hydrogen-bond donors (Lipinski definition) is 2. The van der Waals surface area contributed by atoms with Crippen molar-refractivity contribution in [2.24, 2.45) is 10.9 Å². The molecule has 0 bridgehead atoms.